The molecule has 0 spiro atoms. The molecule has 188 valence electrons. The number of fused-ring (bicyclic) bond motifs is 5. The number of halogens is 2. The summed E-state index contributed by atoms with van der Waals surface area (Å²) in [6.07, 6.45) is 3.13. The number of rotatable bonds is 3. The first-order chi connectivity index (χ1) is 15.6. The minimum Gasteiger partial charge on any atom is -0.457 e. The maximum atomic E-state index is 15.5. The molecule has 0 aromatic carbocycles. The smallest absolute Gasteiger partial charge is 0.311 e. The zero-order valence-electron chi connectivity index (χ0n) is 20.9. The van der Waals surface area contributed by atoms with Crippen molar-refractivity contribution in [3.8, 4) is 0 Å². The third kappa shape index (κ3) is 3.46. The summed E-state index contributed by atoms with van der Waals surface area (Å²) in [5.74, 6) is -1.77. The van der Waals surface area contributed by atoms with Gasteiger partial charge in [-0.1, -0.05) is 26.8 Å². The number of Topliss-reactive ketones (excluding diaryl/α,β-unsaturated/α-hetero) is 1. The largest absolute Gasteiger partial charge is 0.457 e. The molecule has 0 radical (unpaired) electrons. The topological polar surface area (TPSA) is 80.7 Å². The molecule has 0 saturated heterocycles. The summed E-state index contributed by atoms with van der Waals surface area (Å²) in [6.45, 7) is 10.7. The standard InChI is InChI=1S/C27H36ClFO5/c1-14-9-16-17-11-19(29)18-10-15(30)7-8-26(18,6)27(17,28)21(32)12-25(16,5)22(14)20(31)13-34-23(33)24(2,3)4/h7-8,10,14,16-17,19,21-22,32H,9,11-13H2,1-6H3/t14-,16?,17?,19+,21?,22?,25?,26?,27+/m1/s1. The minimum absolute atomic E-state index is 0.0201. The highest BCUT2D eigenvalue weighted by Crippen LogP contribution is 2.70. The quantitative estimate of drug-likeness (QED) is 0.458. The summed E-state index contributed by atoms with van der Waals surface area (Å²) in [4.78, 5) is 36.4. The Bertz CT molecular complexity index is 982. The van der Waals surface area contributed by atoms with Gasteiger partial charge in [0.05, 0.1) is 16.4 Å². The predicted octanol–water partition coefficient (Wildman–Crippen LogP) is 4.60. The molecule has 6 unspecified atom stereocenters. The van der Waals surface area contributed by atoms with E-state index in [-0.39, 0.29) is 48.8 Å². The molecule has 3 fully saturated rings. The third-order valence-electron chi connectivity index (χ3n) is 9.27. The van der Waals surface area contributed by atoms with Gasteiger partial charge in [0, 0.05) is 11.3 Å². The molecule has 7 heteroatoms. The number of carbonyl (C=O) groups is 3. The highest BCUT2D eigenvalue weighted by Gasteiger charge is 2.71. The van der Waals surface area contributed by atoms with Crippen LogP contribution in [0, 0.1) is 39.9 Å². The Balaban J connectivity index is 1.67. The second kappa shape index (κ2) is 7.99. The van der Waals surface area contributed by atoms with Crippen LogP contribution in [0.15, 0.2) is 23.8 Å². The number of ketones is 2. The van der Waals surface area contributed by atoms with Gasteiger partial charge in [0.2, 0.25) is 0 Å². The van der Waals surface area contributed by atoms with E-state index in [1.54, 1.807) is 26.8 Å². The molecule has 4 aliphatic carbocycles. The molecule has 0 bridgehead atoms. The lowest BCUT2D eigenvalue weighted by Crippen LogP contribution is -2.67. The molecule has 3 saturated carbocycles. The number of aliphatic hydroxyl groups excluding tert-OH is 1. The van der Waals surface area contributed by atoms with Crippen LogP contribution in [0.1, 0.15) is 60.8 Å². The first-order valence-corrected chi connectivity index (χ1v) is 12.6. The Hall–Kier alpha value is -1.53. The molecule has 0 aromatic rings. The van der Waals surface area contributed by atoms with Gasteiger partial charge in [-0.15, -0.1) is 11.6 Å². The number of ether oxygens (including phenoxy) is 1. The van der Waals surface area contributed by atoms with Gasteiger partial charge in [-0.3, -0.25) is 14.4 Å². The van der Waals surface area contributed by atoms with E-state index < -0.39 is 45.3 Å². The van der Waals surface area contributed by atoms with E-state index in [1.165, 1.54) is 12.2 Å². The highest BCUT2D eigenvalue weighted by molar-refractivity contribution is 6.26. The van der Waals surface area contributed by atoms with E-state index in [4.69, 9.17) is 16.3 Å². The maximum Gasteiger partial charge on any atom is 0.311 e. The highest BCUT2D eigenvalue weighted by atomic mass is 35.5. The minimum atomic E-state index is -1.34. The summed E-state index contributed by atoms with van der Waals surface area (Å²) in [5, 5.41) is 11.5. The molecule has 0 amide bonds. The molecule has 0 aliphatic heterocycles. The van der Waals surface area contributed by atoms with Crippen molar-refractivity contribution >= 4 is 29.1 Å². The van der Waals surface area contributed by atoms with E-state index in [1.807, 2.05) is 20.8 Å². The summed E-state index contributed by atoms with van der Waals surface area (Å²) >= 11 is 7.34. The van der Waals surface area contributed by atoms with Gasteiger partial charge in [0.25, 0.3) is 0 Å². The van der Waals surface area contributed by atoms with E-state index in [9.17, 15) is 19.5 Å². The Morgan fingerprint density at radius 2 is 1.88 bits per heavy atom. The lowest BCUT2D eigenvalue weighted by atomic mass is 9.46. The Morgan fingerprint density at radius 1 is 1.24 bits per heavy atom. The fourth-order valence-electron chi connectivity index (χ4n) is 7.70. The summed E-state index contributed by atoms with van der Waals surface area (Å²) in [6, 6.07) is 0. The van der Waals surface area contributed by atoms with Crippen LogP contribution >= 0.6 is 11.6 Å². The van der Waals surface area contributed by atoms with E-state index in [2.05, 4.69) is 0 Å². The Morgan fingerprint density at radius 3 is 2.50 bits per heavy atom. The number of aliphatic hydroxyl groups is 1. The van der Waals surface area contributed by atoms with Crippen LogP contribution in [0.3, 0.4) is 0 Å². The van der Waals surface area contributed by atoms with Crippen LogP contribution in [0.4, 0.5) is 4.39 Å². The van der Waals surface area contributed by atoms with Crippen molar-refractivity contribution < 1.29 is 28.6 Å². The van der Waals surface area contributed by atoms with Crippen LogP contribution in [-0.2, 0) is 19.1 Å². The fourth-order valence-corrected chi connectivity index (χ4v) is 8.19. The van der Waals surface area contributed by atoms with Crippen molar-refractivity contribution in [1.82, 2.24) is 0 Å². The average Bonchev–Trinajstić information content (AvgIpc) is 2.99. The molecule has 0 heterocycles. The van der Waals surface area contributed by atoms with Crippen molar-refractivity contribution in [3.05, 3.63) is 23.8 Å². The first kappa shape index (κ1) is 25.6. The maximum absolute atomic E-state index is 15.5. The average molecular weight is 495 g/mol. The van der Waals surface area contributed by atoms with Crippen LogP contribution < -0.4 is 0 Å². The summed E-state index contributed by atoms with van der Waals surface area (Å²) in [5.41, 5.74) is -1.97. The SMILES string of the molecule is C[C@@H]1CC2C3C[C@H](F)C4=CC(=O)C=CC4(C)[C@@]3(Cl)C(O)CC2(C)C1C(=O)COC(=O)C(C)(C)C. The summed E-state index contributed by atoms with van der Waals surface area (Å²) in [7, 11) is 0. The molecular formula is C27H36ClFO5. The lowest BCUT2D eigenvalue weighted by molar-refractivity contribution is -0.159. The molecule has 4 rings (SSSR count). The van der Waals surface area contributed by atoms with Gasteiger partial charge in [0.15, 0.2) is 11.6 Å². The monoisotopic (exact) mass is 494 g/mol. The van der Waals surface area contributed by atoms with Gasteiger partial charge < -0.3 is 9.84 Å². The number of carbonyl (C=O) groups excluding carboxylic acids is 3. The van der Waals surface area contributed by atoms with Gasteiger partial charge in [-0.05, 0) is 80.9 Å². The van der Waals surface area contributed by atoms with Crippen molar-refractivity contribution in [2.45, 2.75) is 78.0 Å². The van der Waals surface area contributed by atoms with Crippen molar-refractivity contribution in [2.75, 3.05) is 6.61 Å². The van der Waals surface area contributed by atoms with Crippen molar-refractivity contribution in [3.63, 3.8) is 0 Å². The van der Waals surface area contributed by atoms with Gasteiger partial charge in [-0.25, -0.2) is 4.39 Å². The number of hydrogen-bond donors (Lipinski definition) is 1. The number of allylic oxidation sites excluding steroid dienone is 4. The number of alkyl halides is 2. The van der Waals surface area contributed by atoms with E-state index in [0.717, 1.165) is 0 Å². The van der Waals surface area contributed by atoms with Crippen LogP contribution in [-0.4, -0.2) is 46.4 Å². The molecule has 34 heavy (non-hydrogen) atoms. The molecule has 1 N–H and O–H groups in total. The Kier molecular flexibility index (Phi) is 6.01. The predicted molar refractivity (Wildman–Crippen MR) is 127 cm³/mol. The first-order valence-electron chi connectivity index (χ1n) is 12.2. The number of hydrogen-bond acceptors (Lipinski definition) is 5. The molecule has 5 nitrogen and oxygen atoms in total. The van der Waals surface area contributed by atoms with Crippen molar-refractivity contribution in [1.29, 1.82) is 0 Å². The third-order valence-corrected chi connectivity index (χ3v) is 10.2. The zero-order chi connectivity index (χ0) is 25.4. The summed E-state index contributed by atoms with van der Waals surface area (Å²) < 4.78 is 20.9. The van der Waals surface area contributed by atoms with Gasteiger partial charge in [-0.2, -0.15) is 0 Å². The molecule has 4 aliphatic rings. The van der Waals surface area contributed by atoms with E-state index >= 15 is 4.39 Å². The van der Waals surface area contributed by atoms with Crippen LogP contribution in [0.5, 0.6) is 0 Å². The van der Waals surface area contributed by atoms with E-state index in [0.29, 0.717) is 12.0 Å². The van der Waals surface area contributed by atoms with Crippen LogP contribution in [0.25, 0.3) is 0 Å². The second-order valence-electron chi connectivity index (χ2n) is 12.4. The number of esters is 1. The fraction of sp³-hybridized carbons (Fsp3) is 0.741. The zero-order valence-corrected chi connectivity index (χ0v) is 21.6. The molecule has 0 aromatic heterocycles. The van der Waals surface area contributed by atoms with Crippen LogP contribution in [0.2, 0.25) is 0 Å². The molecular weight excluding hydrogens is 459 g/mol. The lowest BCUT2D eigenvalue weighted by Gasteiger charge is -2.63. The van der Waals surface area contributed by atoms with Gasteiger partial charge >= 0.3 is 5.97 Å². The Labute approximate surface area is 206 Å². The van der Waals surface area contributed by atoms with Crippen molar-refractivity contribution in [2.24, 2.45) is 39.9 Å². The second-order valence-corrected chi connectivity index (χ2v) is 13.1. The molecule has 9 atom stereocenters. The normalized spacial score (nSPS) is 45.7. The van der Waals surface area contributed by atoms with Gasteiger partial charge in [0.1, 0.15) is 12.8 Å².